The van der Waals surface area contributed by atoms with Crippen LogP contribution in [-0.2, 0) is 4.74 Å². The molecule has 130 valence electrons. The number of benzene rings is 1. The molecule has 2 rings (SSSR count). The van der Waals surface area contributed by atoms with E-state index in [0.29, 0.717) is 31.3 Å². The van der Waals surface area contributed by atoms with E-state index in [1.54, 1.807) is 0 Å². The van der Waals surface area contributed by atoms with E-state index >= 15 is 0 Å². The Hall–Kier alpha value is -1.99. The first-order valence-electron chi connectivity index (χ1n) is 8.78. The van der Waals surface area contributed by atoms with Gasteiger partial charge in [0.05, 0.1) is 13.2 Å². The molecule has 0 spiro atoms. The SMILES string of the molecule is C#CCOCC1CCN(C(=O)c2cccc(OCCCC)c2)CC1. The standard InChI is InChI=1S/C20H27NO3/c1-3-5-14-24-19-8-6-7-18(15-19)20(22)21-11-9-17(10-12-21)16-23-13-4-2/h2,6-8,15,17H,3,5,9-14,16H2,1H3. The zero-order valence-corrected chi connectivity index (χ0v) is 14.5. The maximum absolute atomic E-state index is 12.7. The average molecular weight is 329 g/mol. The van der Waals surface area contributed by atoms with Gasteiger partial charge in [-0.1, -0.05) is 25.3 Å². The van der Waals surface area contributed by atoms with E-state index in [4.69, 9.17) is 15.9 Å². The quantitative estimate of drug-likeness (QED) is 0.542. The second kappa shape index (κ2) is 10.00. The Kier molecular flexibility index (Phi) is 7.64. The minimum absolute atomic E-state index is 0.0823. The van der Waals surface area contributed by atoms with Crippen LogP contribution in [0.1, 0.15) is 43.0 Å². The molecule has 4 nitrogen and oxygen atoms in total. The van der Waals surface area contributed by atoms with Crippen molar-refractivity contribution in [1.29, 1.82) is 0 Å². The molecule has 1 aromatic carbocycles. The summed E-state index contributed by atoms with van der Waals surface area (Å²) in [4.78, 5) is 14.6. The average Bonchev–Trinajstić information content (AvgIpc) is 2.62. The summed E-state index contributed by atoms with van der Waals surface area (Å²) in [5.74, 6) is 3.82. The maximum Gasteiger partial charge on any atom is 0.253 e. The van der Waals surface area contributed by atoms with E-state index in [1.165, 1.54) is 0 Å². The lowest BCUT2D eigenvalue weighted by Gasteiger charge is -2.31. The highest BCUT2D eigenvalue weighted by Gasteiger charge is 2.23. The largest absolute Gasteiger partial charge is 0.494 e. The smallest absolute Gasteiger partial charge is 0.253 e. The van der Waals surface area contributed by atoms with Gasteiger partial charge in [-0.05, 0) is 43.4 Å². The van der Waals surface area contributed by atoms with Crippen LogP contribution in [0.25, 0.3) is 0 Å². The number of piperidine rings is 1. The van der Waals surface area contributed by atoms with Gasteiger partial charge in [0.1, 0.15) is 12.4 Å². The summed E-state index contributed by atoms with van der Waals surface area (Å²) in [7, 11) is 0. The number of amides is 1. The summed E-state index contributed by atoms with van der Waals surface area (Å²) in [6.07, 6.45) is 9.22. The number of rotatable bonds is 8. The molecule has 0 N–H and O–H groups in total. The van der Waals surface area contributed by atoms with Crippen molar-refractivity contribution < 1.29 is 14.3 Å². The minimum Gasteiger partial charge on any atom is -0.494 e. The van der Waals surface area contributed by atoms with E-state index < -0.39 is 0 Å². The van der Waals surface area contributed by atoms with Gasteiger partial charge in [-0.25, -0.2) is 0 Å². The van der Waals surface area contributed by atoms with E-state index in [2.05, 4.69) is 12.8 Å². The van der Waals surface area contributed by atoms with Crippen LogP contribution in [0.3, 0.4) is 0 Å². The summed E-state index contributed by atoms with van der Waals surface area (Å²) in [6, 6.07) is 7.49. The number of hydrogen-bond donors (Lipinski definition) is 0. The lowest BCUT2D eigenvalue weighted by molar-refractivity contribution is 0.0581. The number of terminal acetylenes is 1. The second-order valence-electron chi connectivity index (χ2n) is 6.18. The topological polar surface area (TPSA) is 38.8 Å². The van der Waals surface area contributed by atoms with Crippen molar-refractivity contribution in [2.45, 2.75) is 32.6 Å². The summed E-state index contributed by atoms with van der Waals surface area (Å²) in [6.45, 7) is 5.41. The molecule has 0 aliphatic carbocycles. The predicted octanol–water partition coefficient (Wildman–Crippen LogP) is 3.37. The van der Waals surface area contributed by atoms with E-state index in [9.17, 15) is 4.79 Å². The molecule has 0 bridgehead atoms. The van der Waals surface area contributed by atoms with Gasteiger partial charge >= 0.3 is 0 Å². The molecule has 0 radical (unpaired) electrons. The van der Waals surface area contributed by atoms with Gasteiger partial charge < -0.3 is 14.4 Å². The fraction of sp³-hybridized carbons (Fsp3) is 0.550. The summed E-state index contributed by atoms with van der Waals surface area (Å²) >= 11 is 0. The lowest BCUT2D eigenvalue weighted by Crippen LogP contribution is -2.39. The molecule has 1 aromatic rings. The molecule has 4 heteroatoms. The summed E-state index contributed by atoms with van der Waals surface area (Å²) in [5.41, 5.74) is 0.700. The van der Waals surface area contributed by atoms with Gasteiger partial charge in [0, 0.05) is 18.7 Å². The number of nitrogens with zero attached hydrogens (tertiary/aromatic N) is 1. The third-order valence-corrected chi connectivity index (χ3v) is 4.29. The van der Waals surface area contributed by atoms with Gasteiger partial charge in [-0.15, -0.1) is 6.42 Å². The van der Waals surface area contributed by atoms with Gasteiger partial charge in [-0.2, -0.15) is 0 Å². The summed E-state index contributed by atoms with van der Waals surface area (Å²) < 4.78 is 11.1. The molecule has 1 saturated heterocycles. The molecule has 0 atom stereocenters. The predicted molar refractivity (Wildman–Crippen MR) is 95.1 cm³/mol. The normalized spacial score (nSPS) is 15.1. The first-order chi connectivity index (χ1) is 11.7. The van der Waals surface area contributed by atoms with Crippen LogP contribution in [0.15, 0.2) is 24.3 Å². The van der Waals surface area contributed by atoms with Crippen LogP contribution < -0.4 is 4.74 Å². The molecule has 1 amide bonds. The van der Waals surface area contributed by atoms with Gasteiger partial charge in [0.2, 0.25) is 0 Å². The Labute approximate surface area is 145 Å². The molecule has 0 unspecified atom stereocenters. The van der Waals surface area contributed by atoms with Crippen LogP contribution in [0.5, 0.6) is 5.75 Å². The van der Waals surface area contributed by atoms with Crippen molar-refractivity contribution in [3.05, 3.63) is 29.8 Å². The zero-order valence-electron chi connectivity index (χ0n) is 14.5. The van der Waals surface area contributed by atoms with Crippen molar-refractivity contribution in [3.8, 4) is 18.1 Å². The molecule has 0 aromatic heterocycles. The Morgan fingerprint density at radius 3 is 2.88 bits per heavy atom. The monoisotopic (exact) mass is 329 g/mol. The molecule has 24 heavy (non-hydrogen) atoms. The van der Waals surface area contributed by atoms with Crippen molar-refractivity contribution in [1.82, 2.24) is 4.90 Å². The first-order valence-corrected chi connectivity index (χ1v) is 8.78. The Bertz CT molecular complexity index is 556. The fourth-order valence-corrected chi connectivity index (χ4v) is 2.82. The first kappa shape index (κ1) is 18.4. The second-order valence-corrected chi connectivity index (χ2v) is 6.18. The highest BCUT2D eigenvalue weighted by atomic mass is 16.5. The van der Waals surface area contributed by atoms with Crippen molar-refractivity contribution in [2.24, 2.45) is 5.92 Å². The number of unbranched alkanes of at least 4 members (excludes halogenated alkanes) is 1. The highest BCUT2D eigenvalue weighted by molar-refractivity contribution is 5.94. The summed E-state index contributed by atoms with van der Waals surface area (Å²) in [5, 5.41) is 0. The van der Waals surface area contributed by atoms with E-state index in [0.717, 1.165) is 44.5 Å². The molecule has 0 saturated carbocycles. The van der Waals surface area contributed by atoms with Crippen LogP contribution >= 0.6 is 0 Å². The highest BCUT2D eigenvalue weighted by Crippen LogP contribution is 2.21. The number of carbonyl (C=O) groups is 1. The Morgan fingerprint density at radius 2 is 2.17 bits per heavy atom. The van der Waals surface area contributed by atoms with Crippen LogP contribution in [0.2, 0.25) is 0 Å². The van der Waals surface area contributed by atoms with Crippen LogP contribution in [-0.4, -0.2) is 43.7 Å². The Balaban J connectivity index is 1.84. The van der Waals surface area contributed by atoms with Crippen molar-refractivity contribution >= 4 is 5.91 Å². The molecular weight excluding hydrogens is 302 g/mol. The van der Waals surface area contributed by atoms with Gasteiger partial charge in [0.15, 0.2) is 0 Å². The van der Waals surface area contributed by atoms with Gasteiger partial charge in [0.25, 0.3) is 5.91 Å². The van der Waals surface area contributed by atoms with Crippen molar-refractivity contribution in [2.75, 3.05) is 32.9 Å². The molecule has 1 aliphatic heterocycles. The molecular formula is C20H27NO3. The number of carbonyl (C=O) groups excluding carboxylic acids is 1. The molecule has 1 aliphatic rings. The number of ether oxygens (including phenoxy) is 2. The fourth-order valence-electron chi connectivity index (χ4n) is 2.82. The Morgan fingerprint density at radius 1 is 1.38 bits per heavy atom. The van der Waals surface area contributed by atoms with Crippen molar-refractivity contribution in [3.63, 3.8) is 0 Å². The third kappa shape index (κ3) is 5.58. The van der Waals surface area contributed by atoms with Gasteiger partial charge in [-0.3, -0.25) is 4.79 Å². The van der Waals surface area contributed by atoms with Crippen LogP contribution in [0, 0.1) is 18.3 Å². The number of hydrogen-bond acceptors (Lipinski definition) is 3. The molecule has 1 fully saturated rings. The maximum atomic E-state index is 12.7. The zero-order chi connectivity index (χ0) is 17.2. The lowest BCUT2D eigenvalue weighted by atomic mass is 9.97. The van der Waals surface area contributed by atoms with E-state index in [-0.39, 0.29) is 5.91 Å². The van der Waals surface area contributed by atoms with Crippen LogP contribution in [0.4, 0.5) is 0 Å². The minimum atomic E-state index is 0.0823. The van der Waals surface area contributed by atoms with E-state index in [1.807, 2.05) is 29.2 Å². The number of likely N-dealkylation sites (tertiary alicyclic amines) is 1. The third-order valence-electron chi connectivity index (χ3n) is 4.29. The molecule has 1 heterocycles.